The van der Waals surface area contributed by atoms with Crippen molar-refractivity contribution >= 4 is 40.8 Å². The first-order valence-electron chi connectivity index (χ1n) is 7.69. The van der Waals surface area contributed by atoms with E-state index < -0.39 is 30.2 Å². The van der Waals surface area contributed by atoms with Crippen molar-refractivity contribution in [3.05, 3.63) is 59.4 Å². The number of rotatable bonds is 7. The Morgan fingerprint density at radius 3 is 2.31 bits per heavy atom. The molecule has 0 aliphatic rings. The second-order valence-corrected chi connectivity index (χ2v) is 5.65. The van der Waals surface area contributed by atoms with Crippen LogP contribution in [0.25, 0.3) is 0 Å². The van der Waals surface area contributed by atoms with Crippen LogP contribution in [0.1, 0.15) is 12.8 Å². The molecule has 0 fully saturated rings. The lowest BCUT2D eigenvalue weighted by Gasteiger charge is -2.08. The van der Waals surface area contributed by atoms with Crippen LogP contribution in [0, 0.1) is 5.82 Å². The average Bonchev–Trinajstić information content (AvgIpc) is 2.62. The van der Waals surface area contributed by atoms with Crippen LogP contribution in [0.4, 0.5) is 15.8 Å². The van der Waals surface area contributed by atoms with E-state index in [1.165, 1.54) is 24.3 Å². The molecule has 2 aromatic rings. The zero-order chi connectivity index (χ0) is 18.9. The Morgan fingerprint density at radius 1 is 0.923 bits per heavy atom. The van der Waals surface area contributed by atoms with Crippen LogP contribution in [0.3, 0.4) is 0 Å². The summed E-state index contributed by atoms with van der Waals surface area (Å²) in [5, 5.41) is 5.40. The Kier molecular flexibility index (Phi) is 7.11. The van der Waals surface area contributed by atoms with Crippen molar-refractivity contribution in [3.63, 3.8) is 0 Å². The van der Waals surface area contributed by atoms with Crippen LogP contribution >= 0.6 is 11.6 Å². The molecule has 2 amide bonds. The Labute approximate surface area is 154 Å². The summed E-state index contributed by atoms with van der Waals surface area (Å²) in [5.41, 5.74) is 0.831. The molecular formula is C18H16ClFN2O4. The summed E-state index contributed by atoms with van der Waals surface area (Å²) in [6.07, 6.45) is -0.311. The highest BCUT2D eigenvalue weighted by Crippen LogP contribution is 2.20. The van der Waals surface area contributed by atoms with Crippen molar-refractivity contribution in [3.8, 4) is 0 Å². The number of anilines is 2. The molecule has 0 saturated heterocycles. The highest BCUT2D eigenvalue weighted by molar-refractivity contribution is 6.33. The predicted octanol–water partition coefficient (Wildman–Crippen LogP) is 3.38. The van der Waals surface area contributed by atoms with Gasteiger partial charge in [0.2, 0.25) is 5.91 Å². The van der Waals surface area contributed by atoms with Gasteiger partial charge in [-0.05, 0) is 36.4 Å². The maximum absolute atomic E-state index is 12.8. The summed E-state index contributed by atoms with van der Waals surface area (Å²) >= 11 is 5.90. The van der Waals surface area contributed by atoms with Crippen molar-refractivity contribution in [2.45, 2.75) is 12.8 Å². The maximum Gasteiger partial charge on any atom is 0.306 e. The lowest BCUT2D eigenvalue weighted by atomic mass is 10.2. The lowest BCUT2D eigenvalue weighted by Crippen LogP contribution is -2.22. The summed E-state index contributed by atoms with van der Waals surface area (Å²) in [5.74, 6) is -2.06. The number of halogens is 2. The van der Waals surface area contributed by atoms with Gasteiger partial charge in [0.15, 0.2) is 6.61 Å². The van der Waals surface area contributed by atoms with Crippen molar-refractivity contribution < 1.29 is 23.5 Å². The van der Waals surface area contributed by atoms with E-state index in [1.54, 1.807) is 24.3 Å². The number of carbonyl (C=O) groups excluding carboxylic acids is 3. The fraction of sp³-hybridized carbons (Fsp3) is 0.167. The van der Waals surface area contributed by atoms with E-state index in [0.29, 0.717) is 16.4 Å². The fourth-order valence-electron chi connectivity index (χ4n) is 1.94. The number of benzene rings is 2. The minimum absolute atomic E-state index is 0.123. The monoisotopic (exact) mass is 378 g/mol. The van der Waals surface area contributed by atoms with E-state index in [-0.39, 0.29) is 12.8 Å². The Bertz CT molecular complexity index is 796. The first-order chi connectivity index (χ1) is 12.4. The van der Waals surface area contributed by atoms with Gasteiger partial charge in [-0.3, -0.25) is 14.4 Å². The zero-order valence-electron chi connectivity index (χ0n) is 13.6. The molecule has 2 N–H and O–H groups in total. The molecule has 0 aromatic heterocycles. The van der Waals surface area contributed by atoms with E-state index in [0.717, 1.165) is 0 Å². The molecule has 26 heavy (non-hydrogen) atoms. The van der Waals surface area contributed by atoms with Crippen LogP contribution in [-0.4, -0.2) is 24.4 Å². The Hall–Kier alpha value is -2.93. The highest BCUT2D eigenvalue weighted by atomic mass is 35.5. The molecule has 0 atom stereocenters. The molecule has 0 spiro atoms. The first-order valence-corrected chi connectivity index (χ1v) is 8.07. The van der Waals surface area contributed by atoms with Gasteiger partial charge in [-0.2, -0.15) is 0 Å². The van der Waals surface area contributed by atoms with Gasteiger partial charge in [0.25, 0.3) is 5.91 Å². The molecule has 0 unspecified atom stereocenters. The molecule has 8 heteroatoms. The molecule has 0 saturated carbocycles. The molecule has 0 aliphatic carbocycles. The Balaban J connectivity index is 1.68. The fourth-order valence-corrected chi connectivity index (χ4v) is 2.12. The van der Waals surface area contributed by atoms with Gasteiger partial charge in [0.05, 0.1) is 17.1 Å². The number of nitrogens with one attached hydrogen (secondary N) is 2. The third-order valence-electron chi connectivity index (χ3n) is 3.20. The van der Waals surface area contributed by atoms with Crippen LogP contribution in [0.5, 0.6) is 0 Å². The largest absolute Gasteiger partial charge is 0.456 e. The van der Waals surface area contributed by atoms with E-state index in [1.807, 2.05) is 0 Å². The first kappa shape index (κ1) is 19.4. The van der Waals surface area contributed by atoms with Crippen LogP contribution in [0.2, 0.25) is 5.02 Å². The van der Waals surface area contributed by atoms with Gasteiger partial charge >= 0.3 is 5.97 Å². The zero-order valence-corrected chi connectivity index (χ0v) is 14.4. The number of para-hydroxylation sites is 1. The summed E-state index contributed by atoms with van der Waals surface area (Å²) in [7, 11) is 0. The van der Waals surface area contributed by atoms with Crippen molar-refractivity contribution in [1.82, 2.24) is 0 Å². The smallest absolute Gasteiger partial charge is 0.306 e. The van der Waals surface area contributed by atoms with Crippen LogP contribution in [-0.2, 0) is 19.1 Å². The SMILES string of the molecule is O=C(CCC(=O)OCC(=O)Nc1ccccc1Cl)Nc1ccc(F)cc1. The highest BCUT2D eigenvalue weighted by Gasteiger charge is 2.11. The number of hydrogen-bond donors (Lipinski definition) is 2. The summed E-state index contributed by atoms with van der Waals surface area (Å²) in [6.45, 7) is -0.483. The quantitative estimate of drug-likeness (QED) is 0.723. The second kappa shape index (κ2) is 9.53. The number of amides is 2. The molecule has 0 radical (unpaired) electrons. The normalized spacial score (nSPS) is 10.1. The molecule has 136 valence electrons. The van der Waals surface area contributed by atoms with Gasteiger partial charge in [-0.15, -0.1) is 0 Å². The van der Waals surface area contributed by atoms with E-state index in [9.17, 15) is 18.8 Å². The summed E-state index contributed by atoms with van der Waals surface area (Å²) in [4.78, 5) is 35.0. The summed E-state index contributed by atoms with van der Waals surface area (Å²) < 4.78 is 17.6. The van der Waals surface area contributed by atoms with Gasteiger partial charge in [-0.25, -0.2) is 4.39 Å². The van der Waals surface area contributed by atoms with Crippen molar-refractivity contribution in [2.24, 2.45) is 0 Å². The molecular weight excluding hydrogens is 363 g/mol. The molecule has 0 bridgehead atoms. The third kappa shape index (κ3) is 6.52. The topological polar surface area (TPSA) is 84.5 Å². The van der Waals surface area contributed by atoms with Gasteiger partial charge in [0.1, 0.15) is 5.82 Å². The lowest BCUT2D eigenvalue weighted by molar-refractivity contribution is -0.147. The third-order valence-corrected chi connectivity index (χ3v) is 3.53. The van der Waals surface area contributed by atoms with Gasteiger partial charge < -0.3 is 15.4 Å². The van der Waals surface area contributed by atoms with Gasteiger partial charge in [0, 0.05) is 12.1 Å². The van der Waals surface area contributed by atoms with Crippen molar-refractivity contribution in [2.75, 3.05) is 17.2 Å². The van der Waals surface area contributed by atoms with Gasteiger partial charge in [-0.1, -0.05) is 23.7 Å². The molecule has 2 aromatic carbocycles. The molecule has 0 aliphatic heterocycles. The number of carbonyl (C=O) groups is 3. The summed E-state index contributed by atoms with van der Waals surface area (Å²) in [6, 6.07) is 11.9. The van der Waals surface area contributed by atoms with E-state index in [4.69, 9.17) is 16.3 Å². The average molecular weight is 379 g/mol. The van der Waals surface area contributed by atoms with Crippen molar-refractivity contribution in [1.29, 1.82) is 0 Å². The van der Waals surface area contributed by atoms with E-state index >= 15 is 0 Å². The molecule has 0 heterocycles. The number of esters is 1. The minimum Gasteiger partial charge on any atom is -0.456 e. The maximum atomic E-state index is 12.8. The van der Waals surface area contributed by atoms with E-state index in [2.05, 4.69) is 10.6 Å². The predicted molar refractivity (Wildman–Crippen MR) is 95.3 cm³/mol. The minimum atomic E-state index is -0.687. The molecule has 2 rings (SSSR count). The number of hydrogen-bond acceptors (Lipinski definition) is 4. The van der Waals surface area contributed by atoms with Crippen LogP contribution < -0.4 is 10.6 Å². The van der Waals surface area contributed by atoms with Crippen LogP contribution in [0.15, 0.2) is 48.5 Å². The second-order valence-electron chi connectivity index (χ2n) is 5.24. The molecule has 6 nitrogen and oxygen atoms in total. The Morgan fingerprint density at radius 2 is 1.62 bits per heavy atom. The number of ether oxygens (including phenoxy) is 1. The standard InChI is InChI=1S/C18H16ClFN2O4/c19-14-3-1-2-4-15(14)22-17(24)11-26-18(25)10-9-16(23)21-13-7-5-12(20)6-8-13/h1-8H,9-11H2,(H,21,23)(H,22,24).